The Bertz CT molecular complexity index is 920. The van der Waals surface area contributed by atoms with Crippen LogP contribution < -0.4 is 5.32 Å². The van der Waals surface area contributed by atoms with Crippen molar-refractivity contribution in [3.63, 3.8) is 0 Å². The summed E-state index contributed by atoms with van der Waals surface area (Å²) < 4.78 is 12.5. The molecule has 5 rings (SSSR count). The Morgan fingerprint density at radius 1 is 1.03 bits per heavy atom. The lowest BCUT2D eigenvalue weighted by Gasteiger charge is -2.44. The fraction of sp³-hybridized carbons (Fsp3) is 0.741. The van der Waals surface area contributed by atoms with Crippen LogP contribution in [0.5, 0.6) is 0 Å². The third kappa shape index (κ3) is 5.05. The van der Waals surface area contributed by atoms with Crippen LogP contribution in [0.4, 0.5) is 0 Å². The summed E-state index contributed by atoms with van der Waals surface area (Å²) in [5, 5.41) is 2.38. The monoisotopic (exact) mass is 485 g/mol. The highest BCUT2D eigenvalue weighted by molar-refractivity contribution is 6.04. The molecule has 3 aliphatic heterocycles. The fourth-order valence-corrected chi connectivity index (χ4v) is 6.51. The summed E-state index contributed by atoms with van der Waals surface area (Å²) in [4.78, 5) is 41.2. The van der Waals surface area contributed by atoms with Crippen molar-refractivity contribution >= 4 is 17.7 Å². The van der Waals surface area contributed by atoms with E-state index in [-0.39, 0.29) is 41.8 Å². The first-order valence-electron chi connectivity index (χ1n) is 13.4. The van der Waals surface area contributed by atoms with Crippen LogP contribution in [0, 0.1) is 5.92 Å². The molecule has 1 N–H and O–H groups in total. The van der Waals surface area contributed by atoms with Crippen LogP contribution in [0.1, 0.15) is 71.1 Å². The molecule has 4 fully saturated rings. The second-order valence-corrected chi connectivity index (χ2v) is 11.1. The van der Waals surface area contributed by atoms with Crippen molar-refractivity contribution in [1.29, 1.82) is 0 Å². The van der Waals surface area contributed by atoms with E-state index in [9.17, 15) is 14.4 Å². The summed E-state index contributed by atoms with van der Waals surface area (Å²) in [5.74, 6) is 0.291. The topological polar surface area (TPSA) is 88.2 Å². The number of piperidine rings is 2. The van der Waals surface area contributed by atoms with Crippen LogP contribution >= 0.6 is 0 Å². The molecule has 5 aliphatic rings. The van der Waals surface area contributed by atoms with E-state index in [1.807, 2.05) is 19.3 Å². The Balaban J connectivity index is 1.23. The number of amides is 3. The second kappa shape index (κ2) is 10.1. The van der Waals surface area contributed by atoms with Gasteiger partial charge in [0.1, 0.15) is 12.1 Å². The maximum atomic E-state index is 13.0. The highest BCUT2D eigenvalue weighted by Gasteiger charge is 2.44. The van der Waals surface area contributed by atoms with Gasteiger partial charge in [-0.05, 0) is 57.6 Å². The van der Waals surface area contributed by atoms with Gasteiger partial charge in [-0.2, -0.15) is 0 Å². The normalized spacial score (nSPS) is 34.0. The van der Waals surface area contributed by atoms with E-state index in [4.69, 9.17) is 9.47 Å². The highest BCUT2D eigenvalue weighted by atomic mass is 16.5. The van der Waals surface area contributed by atoms with Crippen molar-refractivity contribution in [3.05, 3.63) is 23.5 Å². The molecule has 0 bridgehead atoms. The van der Waals surface area contributed by atoms with Gasteiger partial charge >= 0.3 is 0 Å². The van der Waals surface area contributed by atoms with Crippen molar-refractivity contribution in [2.45, 2.75) is 94.9 Å². The van der Waals surface area contributed by atoms with Gasteiger partial charge in [-0.1, -0.05) is 12.8 Å². The molecule has 8 nitrogen and oxygen atoms in total. The summed E-state index contributed by atoms with van der Waals surface area (Å²) in [6.45, 7) is 4.79. The average molecular weight is 486 g/mol. The number of nitrogens with one attached hydrogen (secondary N) is 1. The molecule has 1 saturated carbocycles. The number of imide groups is 1. The minimum absolute atomic E-state index is 0.0198. The quantitative estimate of drug-likeness (QED) is 0.476. The van der Waals surface area contributed by atoms with E-state index in [1.165, 1.54) is 19.3 Å². The van der Waals surface area contributed by atoms with Crippen LogP contribution in [0.2, 0.25) is 0 Å². The third-order valence-corrected chi connectivity index (χ3v) is 8.89. The maximum absolute atomic E-state index is 13.0. The molecule has 0 aromatic carbocycles. The number of hydrogen-bond donors (Lipinski definition) is 1. The summed E-state index contributed by atoms with van der Waals surface area (Å²) >= 11 is 0. The first-order chi connectivity index (χ1) is 16.9. The lowest BCUT2D eigenvalue weighted by Crippen LogP contribution is -2.53. The molecule has 3 amide bonds. The molecule has 0 radical (unpaired) electrons. The molecular weight excluding hydrogens is 446 g/mol. The first-order valence-corrected chi connectivity index (χ1v) is 13.4. The van der Waals surface area contributed by atoms with Crippen LogP contribution in [0.15, 0.2) is 23.5 Å². The Morgan fingerprint density at radius 2 is 1.80 bits per heavy atom. The maximum Gasteiger partial charge on any atom is 0.250 e. The molecule has 3 heterocycles. The number of fused-ring (bicyclic) bond motifs is 1. The summed E-state index contributed by atoms with van der Waals surface area (Å²) in [6.07, 6.45) is 13.4. The van der Waals surface area contributed by atoms with Crippen molar-refractivity contribution in [1.82, 2.24) is 15.1 Å². The smallest absolute Gasteiger partial charge is 0.250 e. The van der Waals surface area contributed by atoms with Crippen LogP contribution in [0.25, 0.3) is 0 Å². The molecular formula is C27H39N3O5. The fourth-order valence-electron chi connectivity index (χ4n) is 6.51. The van der Waals surface area contributed by atoms with Gasteiger partial charge in [0, 0.05) is 57.1 Å². The minimum atomic E-state index is -0.556. The number of hydrogen-bond acceptors (Lipinski definition) is 6. The van der Waals surface area contributed by atoms with Gasteiger partial charge in [-0.25, -0.2) is 0 Å². The number of ether oxygens (including phenoxy) is 2. The molecule has 0 aromatic heterocycles. The molecule has 0 aromatic rings. The number of carbonyl (C=O) groups is 3. The lowest BCUT2D eigenvalue weighted by atomic mass is 9.90. The van der Waals surface area contributed by atoms with Crippen molar-refractivity contribution in [2.24, 2.45) is 5.92 Å². The van der Waals surface area contributed by atoms with Crippen LogP contribution in [-0.2, 0) is 23.9 Å². The van der Waals surface area contributed by atoms with Gasteiger partial charge in [0.2, 0.25) is 11.8 Å². The van der Waals surface area contributed by atoms with Crippen molar-refractivity contribution in [3.8, 4) is 0 Å². The Hall–Kier alpha value is -2.19. The molecule has 2 unspecified atom stereocenters. The van der Waals surface area contributed by atoms with Gasteiger partial charge in [-0.3, -0.25) is 24.6 Å². The predicted molar refractivity (Wildman–Crippen MR) is 130 cm³/mol. The first kappa shape index (κ1) is 24.5. The number of nitrogens with zero attached hydrogens (tertiary/aromatic N) is 2. The van der Waals surface area contributed by atoms with Crippen LogP contribution in [0.3, 0.4) is 0 Å². The summed E-state index contributed by atoms with van der Waals surface area (Å²) in [5.41, 5.74) is 0.739. The Morgan fingerprint density at radius 3 is 2.54 bits per heavy atom. The lowest BCUT2D eigenvalue weighted by molar-refractivity contribution is -0.142. The zero-order valence-electron chi connectivity index (χ0n) is 21.1. The summed E-state index contributed by atoms with van der Waals surface area (Å²) in [7, 11) is 1.82. The van der Waals surface area contributed by atoms with Gasteiger partial charge in [0.05, 0.1) is 11.4 Å². The van der Waals surface area contributed by atoms with Gasteiger partial charge in [0.15, 0.2) is 0 Å². The summed E-state index contributed by atoms with van der Waals surface area (Å²) in [6, 6.07) is -0.144. The average Bonchev–Trinajstić information content (AvgIpc) is 3.00. The number of rotatable bonds is 5. The molecule has 192 valence electrons. The third-order valence-electron chi connectivity index (χ3n) is 8.89. The van der Waals surface area contributed by atoms with E-state index in [1.54, 1.807) is 4.90 Å². The SMILES string of the molecule is COC1(C)CCN([C@H]2CCCCC[C@@H]2OC2=CC=C3C(=O)N(C4CCC(=O)NC4=O)CC3C2)CC1. The van der Waals surface area contributed by atoms with E-state index in [2.05, 4.69) is 17.1 Å². The van der Waals surface area contributed by atoms with E-state index < -0.39 is 6.04 Å². The molecule has 4 atom stereocenters. The molecule has 2 aliphatic carbocycles. The standard InChI is InChI=1S/C27H39N3O5/c1-27(34-2)12-14-29(15-13-27)21-6-4-3-5-7-23(21)35-19-8-9-20-18(16-19)17-30(26(20)33)22-10-11-24(31)28-25(22)32/h8-9,18,21-23H,3-7,10-17H2,1-2H3,(H,28,31,32)/t18?,21-,22?,23-/m0/s1. The molecule has 0 spiro atoms. The number of methoxy groups -OCH3 is 1. The zero-order chi connectivity index (χ0) is 24.6. The zero-order valence-corrected chi connectivity index (χ0v) is 21.1. The van der Waals surface area contributed by atoms with Crippen molar-refractivity contribution in [2.75, 3.05) is 26.7 Å². The van der Waals surface area contributed by atoms with Crippen LogP contribution in [-0.4, -0.2) is 78.1 Å². The minimum Gasteiger partial charge on any atom is -0.493 e. The number of carbonyl (C=O) groups excluding carboxylic acids is 3. The predicted octanol–water partition coefficient (Wildman–Crippen LogP) is 2.68. The highest BCUT2D eigenvalue weighted by Crippen LogP contribution is 2.38. The number of likely N-dealkylation sites (tertiary alicyclic amines) is 2. The molecule has 3 saturated heterocycles. The van der Waals surface area contributed by atoms with Crippen molar-refractivity contribution < 1.29 is 23.9 Å². The van der Waals surface area contributed by atoms with Gasteiger partial charge < -0.3 is 14.4 Å². The number of allylic oxidation sites excluding steroid dienone is 3. The van der Waals surface area contributed by atoms with E-state index in [0.717, 1.165) is 50.1 Å². The van der Waals surface area contributed by atoms with Gasteiger partial charge in [-0.15, -0.1) is 0 Å². The largest absolute Gasteiger partial charge is 0.493 e. The van der Waals surface area contributed by atoms with Gasteiger partial charge in [0.25, 0.3) is 5.91 Å². The second-order valence-electron chi connectivity index (χ2n) is 11.1. The van der Waals surface area contributed by atoms with E-state index >= 15 is 0 Å². The molecule has 35 heavy (non-hydrogen) atoms. The molecule has 8 heteroatoms. The van der Waals surface area contributed by atoms with E-state index in [0.29, 0.717) is 25.4 Å². The Kier molecular flexibility index (Phi) is 7.04. The Labute approximate surface area is 208 Å².